The smallest absolute Gasteiger partial charge is 0.420 e. The van der Waals surface area contributed by atoms with Crippen LogP contribution >= 0.6 is 0 Å². The maximum Gasteiger partial charge on any atom is 0.420 e. The Hall–Kier alpha value is -3.74. The van der Waals surface area contributed by atoms with E-state index >= 15 is 13.2 Å². The zero-order chi connectivity index (χ0) is 25.4. The standard InChI is InChI=1S/C28H26F3NO3/c1-18(2)20-6-10-23(11-7-20)32-16-15-21-17-24(33)12-13-25(21)27(32,28(29,30)31)22-8-3-19(4-9-22)5-14-26(34)35/h3-14,17-18,33H,15-16H2,1-2H3,(H,34,35). The lowest BCUT2D eigenvalue weighted by Gasteiger charge is -2.50. The van der Waals surface area contributed by atoms with Gasteiger partial charge in [0, 0.05) is 18.3 Å². The molecule has 35 heavy (non-hydrogen) atoms. The van der Waals surface area contributed by atoms with Gasteiger partial charge in [0.1, 0.15) is 5.75 Å². The number of alkyl halides is 3. The summed E-state index contributed by atoms with van der Waals surface area (Å²) in [6, 6.07) is 17.0. The third-order valence-corrected chi connectivity index (χ3v) is 6.52. The Morgan fingerprint density at radius 1 is 1.03 bits per heavy atom. The average Bonchev–Trinajstić information content (AvgIpc) is 2.81. The van der Waals surface area contributed by atoms with Crippen LogP contribution in [0.25, 0.3) is 6.08 Å². The van der Waals surface area contributed by atoms with E-state index in [0.29, 0.717) is 23.2 Å². The van der Waals surface area contributed by atoms with Crippen LogP contribution in [0.3, 0.4) is 0 Å². The molecule has 0 amide bonds. The topological polar surface area (TPSA) is 60.8 Å². The van der Waals surface area contributed by atoms with E-state index in [9.17, 15) is 9.90 Å². The van der Waals surface area contributed by atoms with Crippen LogP contribution in [-0.4, -0.2) is 28.9 Å². The molecule has 0 saturated heterocycles. The molecule has 4 rings (SSSR count). The third-order valence-electron chi connectivity index (χ3n) is 6.52. The second-order valence-electron chi connectivity index (χ2n) is 8.99. The van der Waals surface area contributed by atoms with Gasteiger partial charge in [-0.25, -0.2) is 4.79 Å². The van der Waals surface area contributed by atoms with E-state index in [2.05, 4.69) is 0 Å². The van der Waals surface area contributed by atoms with Gasteiger partial charge in [-0.15, -0.1) is 0 Å². The minimum Gasteiger partial charge on any atom is -0.508 e. The van der Waals surface area contributed by atoms with E-state index in [1.165, 1.54) is 53.4 Å². The highest BCUT2D eigenvalue weighted by molar-refractivity contribution is 5.85. The Kier molecular flexibility index (Phi) is 6.36. The molecule has 1 heterocycles. The molecule has 0 radical (unpaired) electrons. The van der Waals surface area contributed by atoms with E-state index in [1.807, 2.05) is 26.0 Å². The fraction of sp³-hybridized carbons (Fsp3) is 0.250. The number of aliphatic carboxylic acids is 1. The number of halogens is 3. The molecule has 3 aromatic rings. The minimum atomic E-state index is -4.71. The largest absolute Gasteiger partial charge is 0.508 e. The second-order valence-corrected chi connectivity index (χ2v) is 8.99. The lowest BCUT2D eigenvalue weighted by Crippen LogP contribution is -2.60. The van der Waals surface area contributed by atoms with Gasteiger partial charge in [0.25, 0.3) is 0 Å². The van der Waals surface area contributed by atoms with E-state index in [1.54, 1.807) is 12.1 Å². The van der Waals surface area contributed by atoms with Crippen molar-refractivity contribution in [1.82, 2.24) is 0 Å². The van der Waals surface area contributed by atoms with Crippen molar-refractivity contribution in [2.75, 3.05) is 11.4 Å². The predicted octanol–water partition coefficient (Wildman–Crippen LogP) is 6.48. The van der Waals surface area contributed by atoms with Crippen molar-refractivity contribution < 1.29 is 28.2 Å². The van der Waals surface area contributed by atoms with Crippen molar-refractivity contribution in [2.24, 2.45) is 0 Å². The van der Waals surface area contributed by atoms with Gasteiger partial charge in [-0.1, -0.05) is 56.3 Å². The molecule has 7 heteroatoms. The van der Waals surface area contributed by atoms with Crippen molar-refractivity contribution in [3.63, 3.8) is 0 Å². The Morgan fingerprint density at radius 3 is 2.26 bits per heavy atom. The summed E-state index contributed by atoms with van der Waals surface area (Å²) in [5, 5.41) is 18.9. The van der Waals surface area contributed by atoms with Crippen LogP contribution in [0.5, 0.6) is 5.75 Å². The summed E-state index contributed by atoms with van der Waals surface area (Å²) in [7, 11) is 0. The number of anilines is 1. The van der Waals surface area contributed by atoms with Gasteiger partial charge in [-0.3, -0.25) is 0 Å². The molecular formula is C28H26F3NO3. The fourth-order valence-corrected chi connectivity index (χ4v) is 4.83. The fourth-order valence-electron chi connectivity index (χ4n) is 4.83. The van der Waals surface area contributed by atoms with Crippen molar-refractivity contribution in [3.05, 3.63) is 101 Å². The first-order valence-electron chi connectivity index (χ1n) is 11.3. The first-order valence-corrected chi connectivity index (χ1v) is 11.3. The average molecular weight is 482 g/mol. The highest BCUT2D eigenvalue weighted by Crippen LogP contribution is 2.53. The number of hydrogen-bond donors (Lipinski definition) is 2. The summed E-state index contributed by atoms with van der Waals surface area (Å²) in [4.78, 5) is 12.2. The van der Waals surface area contributed by atoms with Crippen LogP contribution < -0.4 is 4.90 Å². The molecule has 2 N–H and O–H groups in total. The molecule has 1 aliphatic rings. The monoisotopic (exact) mass is 481 g/mol. The van der Waals surface area contributed by atoms with E-state index in [4.69, 9.17) is 5.11 Å². The van der Waals surface area contributed by atoms with Crippen molar-refractivity contribution in [1.29, 1.82) is 0 Å². The lowest BCUT2D eigenvalue weighted by molar-refractivity contribution is -0.179. The summed E-state index contributed by atoms with van der Waals surface area (Å²) in [6.45, 7) is 4.15. The Morgan fingerprint density at radius 2 is 1.69 bits per heavy atom. The Labute approximate surface area is 202 Å². The Balaban J connectivity index is 1.96. The van der Waals surface area contributed by atoms with Crippen LogP contribution in [0.4, 0.5) is 18.9 Å². The SMILES string of the molecule is CC(C)c1ccc(N2CCc3cc(O)ccc3C2(c2ccc(C=CC(=O)O)cc2)C(F)(F)F)cc1. The first-order chi connectivity index (χ1) is 16.5. The summed E-state index contributed by atoms with van der Waals surface area (Å²) in [5.74, 6) is -0.977. The summed E-state index contributed by atoms with van der Waals surface area (Å²) in [5.41, 5.74) is -0.0328. The van der Waals surface area contributed by atoms with Gasteiger partial charge in [-0.2, -0.15) is 13.2 Å². The van der Waals surface area contributed by atoms with Crippen LogP contribution in [0, 0.1) is 0 Å². The number of rotatable bonds is 5. The number of fused-ring (bicyclic) bond motifs is 1. The molecule has 3 aromatic carbocycles. The summed E-state index contributed by atoms with van der Waals surface area (Å²) < 4.78 is 46.1. The number of carbonyl (C=O) groups is 1. The number of aromatic hydroxyl groups is 1. The maximum absolute atomic E-state index is 15.4. The molecule has 0 bridgehead atoms. The highest BCUT2D eigenvalue weighted by Gasteiger charge is 2.63. The van der Waals surface area contributed by atoms with Gasteiger partial charge in [0.2, 0.25) is 0 Å². The molecule has 0 spiro atoms. The number of phenols is 1. The number of benzene rings is 3. The predicted molar refractivity (Wildman–Crippen MR) is 130 cm³/mol. The number of nitrogens with zero attached hydrogens (tertiary/aromatic N) is 1. The van der Waals surface area contributed by atoms with E-state index in [0.717, 1.165) is 11.6 Å². The molecule has 1 atom stereocenters. The van der Waals surface area contributed by atoms with Crippen LogP contribution in [0.1, 0.15) is 47.6 Å². The summed E-state index contributed by atoms with van der Waals surface area (Å²) >= 11 is 0. The van der Waals surface area contributed by atoms with Crippen LogP contribution in [0.15, 0.2) is 72.8 Å². The molecule has 0 aliphatic carbocycles. The Bertz CT molecular complexity index is 1250. The van der Waals surface area contributed by atoms with Crippen LogP contribution in [-0.2, 0) is 16.8 Å². The van der Waals surface area contributed by atoms with Crippen LogP contribution in [0.2, 0.25) is 0 Å². The molecule has 0 fully saturated rings. The molecule has 182 valence electrons. The molecule has 1 unspecified atom stereocenters. The lowest BCUT2D eigenvalue weighted by atomic mass is 9.74. The molecular weight excluding hydrogens is 455 g/mol. The van der Waals surface area contributed by atoms with Gasteiger partial charge >= 0.3 is 12.1 Å². The van der Waals surface area contributed by atoms with E-state index in [-0.39, 0.29) is 29.3 Å². The van der Waals surface area contributed by atoms with Crippen molar-refractivity contribution in [3.8, 4) is 5.75 Å². The van der Waals surface area contributed by atoms with Crippen molar-refractivity contribution in [2.45, 2.75) is 37.9 Å². The number of carboxylic acid groups (broad SMARTS) is 1. The van der Waals surface area contributed by atoms with E-state index < -0.39 is 17.7 Å². The molecule has 0 aromatic heterocycles. The quantitative estimate of drug-likeness (QED) is 0.410. The summed E-state index contributed by atoms with van der Waals surface area (Å²) in [6.07, 6.45) is -2.10. The molecule has 4 nitrogen and oxygen atoms in total. The molecule has 1 aliphatic heterocycles. The zero-order valence-corrected chi connectivity index (χ0v) is 19.4. The van der Waals surface area contributed by atoms with Gasteiger partial charge in [0.05, 0.1) is 0 Å². The molecule has 0 saturated carbocycles. The third kappa shape index (κ3) is 4.38. The first kappa shape index (κ1) is 24.4. The van der Waals surface area contributed by atoms with Gasteiger partial charge in [0.15, 0.2) is 5.54 Å². The highest BCUT2D eigenvalue weighted by atomic mass is 19.4. The number of carboxylic acids is 1. The minimum absolute atomic E-state index is 0.0112. The van der Waals surface area contributed by atoms with Gasteiger partial charge in [-0.05, 0) is 70.5 Å². The number of phenolic OH excluding ortho intramolecular Hbond substituents is 1. The normalized spacial score (nSPS) is 18.2. The van der Waals surface area contributed by atoms with Gasteiger partial charge < -0.3 is 15.1 Å². The van der Waals surface area contributed by atoms with Crippen molar-refractivity contribution >= 4 is 17.7 Å². The second kappa shape index (κ2) is 9.13. The zero-order valence-electron chi connectivity index (χ0n) is 19.4. The number of hydrogen-bond acceptors (Lipinski definition) is 3. The maximum atomic E-state index is 15.4.